The first kappa shape index (κ1) is 13.0. The molecule has 2 aliphatic heterocycles. The van der Waals surface area contributed by atoms with Gasteiger partial charge in [-0.15, -0.1) is 0 Å². The van der Waals surface area contributed by atoms with Crippen molar-refractivity contribution >= 4 is 11.0 Å². The summed E-state index contributed by atoms with van der Waals surface area (Å²) in [4.78, 5) is 8.39. The van der Waals surface area contributed by atoms with Crippen LogP contribution in [0.15, 0.2) is 12.1 Å². The monoisotopic (exact) mass is 287 g/mol. The van der Waals surface area contributed by atoms with E-state index in [0.29, 0.717) is 13.2 Å². The van der Waals surface area contributed by atoms with E-state index in [1.54, 1.807) is 0 Å². The fourth-order valence-corrected chi connectivity index (χ4v) is 3.55. The minimum atomic E-state index is 0.149. The molecule has 3 heterocycles. The maximum Gasteiger partial charge on any atom is 0.163 e. The number of ether oxygens (including phenoxy) is 2. The molecule has 5 heteroatoms. The second-order valence-electron chi connectivity index (χ2n) is 6.06. The predicted octanol–water partition coefficient (Wildman–Crippen LogP) is 2.37. The third kappa shape index (κ3) is 2.07. The summed E-state index contributed by atoms with van der Waals surface area (Å²) in [7, 11) is 0. The van der Waals surface area contributed by atoms with Crippen molar-refractivity contribution in [2.45, 2.75) is 31.6 Å². The van der Waals surface area contributed by atoms with Gasteiger partial charge in [0.25, 0.3) is 0 Å². The zero-order valence-corrected chi connectivity index (χ0v) is 12.4. The van der Waals surface area contributed by atoms with Gasteiger partial charge in [-0.2, -0.15) is 0 Å². The van der Waals surface area contributed by atoms with Crippen molar-refractivity contribution in [3.05, 3.63) is 18.0 Å². The Bertz CT molecular complexity index is 616. The molecule has 112 valence electrons. The minimum absolute atomic E-state index is 0.149. The lowest BCUT2D eigenvalue weighted by atomic mass is 9.82. The molecule has 21 heavy (non-hydrogen) atoms. The summed E-state index contributed by atoms with van der Waals surface area (Å²) in [5.41, 5.74) is 2.16. The Balaban J connectivity index is 1.79. The second-order valence-corrected chi connectivity index (χ2v) is 6.06. The number of H-pyrrole nitrogens is 1. The molecule has 0 aliphatic carbocycles. The lowest BCUT2D eigenvalue weighted by molar-refractivity contribution is 0.172. The molecule has 0 spiro atoms. The van der Waals surface area contributed by atoms with Crippen LogP contribution >= 0.6 is 0 Å². The quantitative estimate of drug-likeness (QED) is 0.910. The molecule has 0 amide bonds. The molecule has 0 saturated carbocycles. The zero-order valence-electron chi connectivity index (χ0n) is 12.4. The number of imidazole rings is 1. The van der Waals surface area contributed by atoms with Crippen LogP contribution in [0, 0.1) is 0 Å². The summed E-state index contributed by atoms with van der Waals surface area (Å²) in [6.07, 6.45) is 3.47. The summed E-state index contributed by atoms with van der Waals surface area (Å²) in [6, 6.07) is 4.01. The van der Waals surface area contributed by atoms with Gasteiger partial charge in [-0.3, -0.25) is 0 Å². The Labute approximate surface area is 124 Å². The van der Waals surface area contributed by atoms with Gasteiger partial charge in [-0.05, 0) is 19.4 Å². The fourth-order valence-electron chi connectivity index (χ4n) is 3.55. The number of benzene rings is 1. The van der Waals surface area contributed by atoms with E-state index in [-0.39, 0.29) is 5.41 Å². The summed E-state index contributed by atoms with van der Waals surface area (Å²) < 4.78 is 11.3. The molecule has 2 N–H and O–H groups in total. The molecule has 2 aromatic rings. The van der Waals surface area contributed by atoms with Gasteiger partial charge in [0, 0.05) is 24.1 Å². The number of aromatic amines is 1. The maximum atomic E-state index is 5.65. The standard InChI is InChI=1S/C16H21N3O2/c1-2-3-16(4-5-17-10-16)15-18-11-8-13-14(9-12(11)19-15)21-7-6-20-13/h8-9,17H,2-7,10H2,1H3,(H,18,19). The van der Waals surface area contributed by atoms with Gasteiger partial charge in [0.05, 0.1) is 11.0 Å². The summed E-state index contributed by atoms with van der Waals surface area (Å²) in [5.74, 6) is 2.73. The number of hydrogen-bond donors (Lipinski definition) is 2. The lowest BCUT2D eigenvalue weighted by Crippen LogP contribution is -2.30. The van der Waals surface area contributed by atoms with Gasteiger partial charge >= 0.3 is 0 Å². The topological polar surface area (TPSA) is 59.2 Å². The fraction of sp³-hybridized carbons (Fsp3) is 0.562. The SMILES string of the molecule is CCCC1(c2nc3cc4c(cc3[nH]2)OCCO4)CCNC1. The van der Waals surface area contributed by atoms with Crippen LogP contribution in [-0.2, 0) is 5.41 Å². The molecule has 1 fully saturated rings. The summed E-state index contributed by atoms with van der Waals surface area (Å²) in [5, 5.41) is 3.49. The Morgan fingerprint density at radius 1 is 1.24 bits per heavy atom. The number of nitrogens with zero attached hydrogens (tertiary/aromatic N) is 1. The van der Waals surface area contributed by atoms with E-state index in [1.165, 1.54) is 6.42 Å². The van der Waals surface area contributed by atoms with Crippen molar-refractivity contribution in [1.29, 1.82) is 0 Å². The van der Waals surface area contributed by atoms with Gasteiger partial charge in [-0.1, -0.05) is 13.3 Å². The molecule has 1 aromatic heterocycles. The Morgan fingerprint density at radius 2 is 2.05 bits per heavy atom. The predicted molar refractivity (Wildman–Crippen MR) is 81.2 cm³/mol. The van der Waals surface area contributed by atoms with Crippen LogP contribution in [0.5, 0.6) is 11.5 Å². The number of nitrogens with one attached hydrogen (secondary N) is 2. The normalized spacial score (nSPS) is 24.6. The third-order valence-electron chi connectivity index (χ3n) is 4.62. The first-order valence-corrected chi connectivity index (χ1v) is 7.81. The minimum Gasteiger partial charge on any atom is -0.486 e. The summed E-state index contributed by atoms with van der Waals surface area (Å²) >= 11 is 0. The van der Waals surface area contributed by atoms with Gasteiger partial charge in [-0.25, -0.2) is 4.98 Å². The number of hydrogen-bond acceptors (Lipinski definition) is 4. The van der Waals surface area contributed by atoms with Crippen molar-refractivity contribution in [1.82, 2.24) is 15.3 Å². The Morgan fingerprint density at radius 3 is 2.76 bits per heavy atom. The van der Waals surface area contributed by atoms with Crippen molar-refractivity contribution in [2.24, 2.45) is 0 Å². The highest BCUT2D eigenvalue weighted by Crippen LogP contribution is 2.38. The molecule has 1 saturated heterocycles. The highest BCUT2D eigenvalue weighted by Gasteiger charge is 2.37. The average Bonchev–Trinajstić information content (AvgIpc) is 3.12. The average molecular weight is 287 g/mol. The number of fused-ring (bicyclic) bond motifs is 2. The van der Waals surface area contributed by atoms with Crippen LogP contribution in [0.25, 0.3) is 11.0 Å². The molecule has 1 aromatic carbocycles. The molecular formula is C16H21N3O2. The van der Waals surface area contributed by atoms with Crippen LogP contribution in [-0.4, -0.2) is 36.3 Å². The molecule has 5 nitrogen and oxygen atoms in total. The van der Waals surface area contributed by atoms with Gasteiger partial charge in [0.2, 0.25) is 0 Å². The molecule has 1 unspecified atom stereocenters. The second kappa shape index (κ2) is 4.91. The first-order valence-electron chi connectivity index (χ1n) is 7.81. The van der Waals surface area contributed by atoms with E-state index in [4.69, 9.17) is 14.5 Å². The van der Waals surface area contributed by atoms with Crippen molar-refractivity contribution in [2.75, 3.05) is 26.3 Å². The van der Waals surface area contributed by atoms with Gasteiger partial charge in [0.1, 0.15) is 19.0 Å². The van der Waals surface area contributed by atoms with Gasteiger partial charge in [0.15, 0.2) is 11.5 Å². The van der Waals surface area contributed by atoms with Gasteiger partial charge < -0.3 is 19.8 Å². The van der Waals surface area contributed by atoms with Crippen LogP contribution in [0.1, 0.15) is 32.0 Å². The van der Waals surface area contributed by atoms with Crippen LogP contribution < -0.4 is 14.8 Å². The number of aromatic nitrogens is 2. The van der Waals surface area contributed by atoms with Crippen LogP contribution in [0.2, 0.25) is 0 Å². The highest BCUT2D eigenvalue weighted by molar-refractivity contribution is 5.80. The van der Waals surface area contributed by atoms with Crippen LogP contribution in [0.4, 0.5) is 0 Å². The van der Waals surface area contributed by atoms with Crippen molar-refractivity contribution < 1.29 is 9.47 Å². The Hall–Kier alpha value is -1.75. The summed E-state index contributed by atoms with van der Waals surface area (Å²) in [6.45, 7) is 5.54. The number of rotatable bonds is 3. The Kier molecular flexibility index (Phi) is 3.03. The van der Waals surface area contributed by atoms with E-state index < -0.39 is 0 Å². The maximum absolute atomic E-state index is 5.65. The lowest BCUT2D eigenvalue weighted by Gasteiger charge is -2.25. The van der Waals surface area contributed by atoms with Crippen molar-refractivity contribution in [3.8, 4) is 11.5 Å². The zero-order chi connectivity index (χ0) is 14.3. The largest absolute Gasteiger partial charge is 0.486 e. The molecule has 4 rings (SSSR count). The molecule has 0 radical (unpaired) electrons. The van der Waals surface area contributed by atoms with E-state index in [2.05, 4.69) is 17.2 Å². The van der Waals surface area contributed by atoms with E-state index in [9.17, 15) is 0 Å². The first-order chi connectivity index (χ1) is 10.3. The third-order valence-corrected chi connectivity index (χ3v) is 4.62. The van der Waals surface area contributed by atoms with E-state index in [1.807, 2.05) is 12.1 Å². The van der Waals surface area contributed by atoms with E-state index >= 15 is 0 Å². The van der Waals surface area contributed by atoms with E-state index in [0.717, 1.165) is 54.3 Å². The molecular weight excluding hydrogens is 266 g/mol. The smallest absolute Gasteiger partial charge is 0.163 e. The molecule has 0 bridgehead atoms. The molecule has 1 atom stereocenters. The van der Waals surface area contributed by atoms with Crippen LogP contribution in [0.3, 0.4) is 0 Å². The van der Waals surface area contributed by atoms with Crippen molar-refractivity contribution in [3.63, 3.8) is 0 Å². The highest BCUT2D eigenvalue weighted by atomic mass is 16.6. The molecule has 2 aliphatic rings.